The molecule has 1 heteroatoms. The van der Waals surface area contributed by atoms with Gasteiger partial charge in [0, 0.05) is 30.4 Å². The zero-order valence-corrected chi connectivity index (χ0v) is 21.1. The average molecular weight is 489 g/mol. The number of fused-ring (bicyclic) bond motifs is 3. The molecule has 0 aliphatic carbocycles. The Morgan fingerprint density at radius 2 is 0.784 bits per heavy atom. The van der Waals surface area contributed by atoms with Crippen molar-refractivity contribution in [2.24, 2.45) is 0 Å². The van der Waals surface area contributed by atoms with Crippen LogP contribution in [0.5, 0.6) is 0 Å². The quantitative estimate of drug-likeness (QED) is 0.217. The van der Waals surface area contributed by atoms with Crippen LogP contribution in [0.25, 0.3) is 43.4 Å². The van der Waals surface area contributed by atoms with E-state index in [4.69, 9.17) is 0 Å². The molecule has 7 aromatic carbocycles. The Bertz CT molecular complexity index is 1890. The van der Waals surface area contributed by atoms with Gasteiger partial charge in [0.25, 0.3) is 0 Å². The second-order valence-electron chi connectivity index (χ2n) is 9.72. The maximum Gasteiger partial charge on any atom is 0.0109 e. The lowest BCUT2D eigenvalue weighted by molar-refractivity contribution is 1.30. The Hall–Kier alpha value is -4.33. The van der Waals surface area contributed by atoms with Gasteiger partial charge in [0.2, 0.25) is 0 Å². The van der Waals surface area contributed by atoms with Gasteiger partial charge < -0.3 is 0 Å². The Balaban J connectivity index is 1.58. The lowest BCUT2D eigenvalue weighted by Crippen LogP contribution is -2.02. The van der Waals surface area contributed by atoms with Gasteiger partial charge in [-0.2, -0.15) is 0 Å². The highest BCUT2D eigenvalue weighted by Crippen LogP contribution is 2.79. The fraction of sp³-hybridized carbons (Fsp3) is 0. The van der Waals surface area contributed by atoms with Gasteiger partial charge in [-0.15, -0.1) is 10.0 Å². The summed E-state index contributed by atoms with van der Waals surface area (Å²) in [6, 6.07) is 54.1. The predicted octanol–water partition coefficient (Wildman–Crippen LogP) is 10.5. The second kappa shape index (κ2) is 7.83. The molecule has 0 spiro atoms. The Kier molecular flexibility index (Phi) is 4.41. The van der Waals surface area contributed by atoms with Crippen LogP contribution in [-0.4, -0.2) is 0 Å². The molecule has 0 unspecified atom stereocenters. The maximum absolute atomic E-state index is 2.45. The van der Waals surface area contributed by atoms with Gasteiger partial charge in [-0.25, -0.2) is 0 Å². The molecule has 0 bridgehead atoms. The van der Waals surface area contributed by atoms with Crippen molar-refractivity contribution in [2.45, 2.75) is 19.6 Å². The Morgan fingerprint density at radius 1 is 0.324 bits per heavy atom. The first-order chi connectivity index (χ1) is 18.4. The van der Waals surface area contributed by atoms with Gasteiger partial charge in [-0.1, -0.05) is 109 Å². The normalized spacial score (nSPS) is 14.5. The van der Waals surface area contributed by atoms with Crippen molar-refractivity contribution < 1.29 is 0 Å². The van der Waals surface area contributed by atoms with Gasteiger partial charge >= 0.3 is 0 Å². The fourth-order valence-electron chi connectivity index (χ4n) is 6.37. The summed E-state index contributed by atoms with van der Waals surface area (Å²) in [5, 5.41) is 8.25. The third kappa shape index (κ3) is 2.75. The maximum atomic E-state index is 2.45. The highest BCUT2D eigenvalue weighted by atomic mass is 32.3. The minimum Gasteiger partial charge on any atom is -0.132 e. The second-order valence-corrected chi connectivity index (χ2v) is 12.8. The van der Waals surface area contributed by atoms with Gasteiger partial charge in [0.15, 0.2) is 0 Å². The van der Waals surface area contributed by atoms with Crippen LogP contribution in [0.3, 0.4) is 0 Å². The first-order valence-electron chi connectivity index (χ1n) is 12.8. The largest absolute Gasteiger partial charge is 0.132 e. The SMILES string of the molecule is c1ccc(-c2cccc(S3(c4ccccc4)c4cccc5c6ccccc6c6cccc3c6c45)c2)cc1. The van der Waals surface area contributed by atoms with E-state index in [1.165, 1.54) is 63.0 Å². The Morgan fingerprint density at radius 3 is 1.41 bits per heavy atom. The van der Waals surface area contributed by atoms with Crippen LogP contribution >= 0.6 is 10.0 Å². The molecular formula is C36H24S. The zero-order chi connectivity index (χ0) is 24.4. The van der Waals surface area contributed by atoms with E-state index in [9.17, 15) is 0 Å². The summed E-state index contributed by atoms with van der Waals surface area (Å²) >= 11 is 0. The minimum atomic E-state index is -1.69. The molecule has 174 valence electrons. The van der Waals surface area contributed by atoms with Crippen LogP contribution in [0.2, 0.25) is 0 Å². The summed E-state index contributed by atoms with van der Waals surface area (Å²) in [7, 11) is -1.69. The van der Waals surface area contributed by atoms with E-state index in [1.807, 2.05) is 0 Å². The van der Waals surface area contributed by atoms with Crippen LogP contribution in [0, 0.1) is 0 Å². The molecule has 7 aromatic rings. The van der Waals surface area contributed by atoms with Crippen LogP contribution in [0.4, 0.5) is 0 Å². The first-order valence-corrected chi connectivity index (χ1v) is 14.4. The lowest BCUT2D eigenvalue weighted by atomic mass is 9.95. The standard InChI is InChI=1S/C36H24S/c1-3-12-25(13-4-1)26-14-9-17-28(24-26)37(27-15-5-2-6-16-27)33-22-10-20-31-29-18-7-8-19-30(29)32-21-11-23-34(37)36(32)35(31)33/h1-24H. The van der Waals surface area contributed by atoms with Crippen molar-refractivity contribution >= 4 is 42.3 Å². The van der Waals surface area contributed by atoms with E-state index in [-0.39, 0.29) is 0 Å². The third-order valence-electron chi connectivity index (χ3n) is 7.86. The molecule has 1 heterocycles. The highest BCUT2D eigenvalue weighted by Gasteiger charge is 2.41. The molecular weight excluding hydrogens is 464 g/mol. The molecule has 0 amide bonds. The average Bonchev–Trinajstić information content (AvgIpc) is 3.30. The summed E-state index contributed by atoms with van der Waals surface area (Å²) in [5.41, 5.74) is 2.52. The van der Waals surface area contributed by atoms with Gasteiger partial charge in [0.1, 0.15) is 0 Å². The third-order valence-corrected chi connectivity index (χ3v) is 11.8. The predicted molar refractivity (Wildman–Crippen MR) is 158 cm³/mol. The van der Waals surface area contributed by atoms with Crippen molar-refractivity contribution in [3.63, 3.8) is 0 Å². The summed E-state index contributed by atoms with van der Waals surface area (Å²) in [4.78, 5) is 5.69. The number of hydrogen-bond donors (Lipinski definition) is 0. The summed E-state index contributed by atoms with van der Waals surface area (Å²) in [6.45, 7) is 0. The molecule has 0 saturated carbocycles. The van der Waals surface area contributed by atoms with Crippen molar-refractivity contribution in [3.05, 3.63) is 146 Å². The van der Waals surface area contributed by atoms with E-state index in [1.54, 1.807) is 0 Å². The molecule has 0 nitrogen and oxygen atoms in total. The molecule has 0 aromatic heterocycles. The van der Waals surface area contributed by atoms with Gasteiger partial charge in [0.05, 0.1) is 0 Å². The molecule has 1 aliphatic heterocycles. The zero-order valence-electron chi connectivity index (χ0n) is 20.3. The molecule has 37 heavy (non-hydrogen) atoms. The topological polar surface area (TPSA) is 0 Å². The van der Waals surface area contributed by atoms with Crippen molar-refractivity contribution in [2.75, 3.05) is 0 Å². The molecule has 1 aliphatic rings. The molecule has 0 atom stereocenters. The summed E-state index contributed by atoms with van der Waals surface area (Å²) in [5.74, 6) is 0. The minimum absolute atomic E-state index is 1.25. The van der Waals surface area contributed by atoms with Crippen LogP contribution in [-0.2, 0) is 0 Å². The molecule has 0 fully saturated rings. The monoisotopic (exact) mass is 488 g/mol. The molecule has 0 N–H and O–H groups in total. The van der Waals surface area contributed by atoms with E-state index in [0.29, 0.717) is 0 Å². The van der Waals surface area contributed by atoms with E-state index >= 15 is 0 Å². The van der Waals surface area contributed by atoms with Crippen LogP contribution in [0.15, 0.2) is 165 Å². The van der Waals surface area contributed by atoms with E-state index in [0.717, 1.165) is 0 Å². The summed E-state index contributed by atoms with van der Waals surface area (Å²) in [6.07, 6.45) is 0. The van der Waals surface area contributed by atoms with Crippen molar-refractivity contribution in [1.82, 2.24) is 0 Å². The lowest BCUT2D eigenvalue weighted by Gasteiger charge is -2.39. The first kappa shape index (κ1) is 20.8. The van der Waals surface area contributed by atoms with Crippen molar-refractivity contribution in [1.29, 1.82) is 0 Å². The van der Waals surface area contributed by atoms with E-state index < -0.39 is 10.0 Å². The van der Waals surface area contributed by atoms with Gasteiger partial charge in [-0.3, -0.25) is 0 Å². The van der Waals surface area contributed by atoms with Crippen LogP contribution in [0.1, 0.15) is 0 Å². The van der Waals surface area contributed by atoms with Gasteiger partial charge in [-0.05, 0) is 69.1 Å². The molecule has 8 rings (SSSR count). The van der Waals surface area contributed by atoms with Crippen molar-refractivity contribution in [3.8, 4) is 11.1 Å². The fourth-order valence-corrected chi connectivity index (χ4v) is 10.7. The highest BCUT2D eigenvalue weighted by molar-refractivity contribution is 8.34. The van der Waals surface area contributed by atoms with Crippen LogP contribution < -0.4 is 0 Å². The summed E-state index contributed by atoms with van der Waals surface area (Å²) < 4.78 is 0. The van der Waals surface area contributed by atoms with E-state index in [2.05, 4.69) is 146 Å². The molecule has 0 saturated heterocycles. The number of benzene rings is 7. The number of hydrogen-bond acceptors (Lipinski definition) is 0. The smallest absolute Gasteiger partial charge is 0.0109 e. The molecule has 0 radical (unpaired) electrons. The number of rotatable bonds is 3. The Labute approximate surface area is 218 Å².